The van der Waals surface area contributed by atoms with Crippen molar-refractivity contribution in [3.8, 4) is 0 Å². The van der Waals surface area contributed by atoms with Crippen LogP contribution in [0.1, 0.15) is 155 Å². The Bertz CT molecular complexity index is 2300. The highest BCUT2D eigenvalue weighted by Crippen LogP contribution is 2.55. The van der Waals surface area contributed by atoms with Crippen LogP contribution in [-0.2, 0) is 80.1 Å². The zero-order chi connectivity index (χ0) is 61.7. The first-order valence-corrected chi connectivity index (χ1v) is 35.5. The van der Waals surface area contributed by atoms with E-state index in [1.165, 1.54) is 19.3 Å². The predicted octanol–water partition coefficient (Wildman–Crippen LogP) is 12.3. The van der Waals surface area contributed by atoms with Crippen LogP contribution in [0.25, 0.3) is 0 Å². The van der Waals surface area contributed by atoms with E-state index in [4.69, 9.17) is 65.7 Å². The fraction of sp³-hybridized carbons (Fsp3) is 0.794. The first-order valence-electron chi connectivity index (χ1n) is 29.7. The smallest absolute Gasteiger partial charge is 0.331 e. The van der Waals surface area contributed by atoms with Gasteiger partial charge in [-0.05, 0) is 76.3 Å². The van der Waals surface area contributed by atoms with Gasteiger partial charge in [-0.25, -0.2) is 9.59 Å². The van der Waals surface area contributed by atoms with Crippen LogP contribution in [0.5, 0.6) is 0 Å². The summed E-state index contributed by atoms with van der Waals surface area (Å²) in [6, 6.07) is 0. The van der Waals surface area contributed by atoms with Gasteiger partial charge >= 0.3 is 17.9 Å². The molecule has 4 fully saturated rings. The Balaban J connectivity index is 1.58. The Morgan fingerprint density at radius 2 is 1.50 bits per heavy atom. The molecule has 0 amide bonds. The summed E-state index contributed by atoms with van der Waals surface area (Å²) in [5.41, 5.74) is -1.50. The van der Waals surface area contributed by atoms with Crippen molar-refractivity contribution < 1.29 is 80.1 Å². The number of hydrogen-bond donors (Lipinski definition) is 0. The van der Waals surface area contributed by atoms with Gasteiger partial charge in [0.2, 0.25) is 5.79 Å². The molecule has 12 atom stereocenters. The number of rotatable bonds is 26. The van der Waals surface area contributed by atoms with Crippen LogP contribution >= 0.6 is 0 Å². The second-order valence-electron chi connectivity index (χ2n) is 27.8. The topological polar surface area (TPSA) is 180 Å². The van der Waals surface area contributed by atoms with E-state index in [0.29, 0.717) is 31.3 Å². The zero-order valence-electron chi connectivity index (χ0n) is 54.1. The highest BCUT2D eigenvalue weighted by Gasteiger charge is 2.65. The van der Waals surface area contributed by atoms with Gasteiger partial charge in [0, 0.05) is 82.7 Å². The third-order valence-corrected chi connectivity index (χ3v) is 27.6. The van der Waals surface area contributed by atoms with E-state index >= 15 is 0 Å². The molecule has 0 aromatic carbocycles. The molecule has 0 radical (unpaired) electrons. The van der Waals surface area contributed by atoms with Gasteiger partial charge in [0.25, 0.3) is 0 Å². The lowest BCUT2D eigenvalue weighted by atomic mass is 9.70. The molecule has 0 aromatic heterocycles. The van der Waals surface area contributed by atoms with E-state index in [0.717, 1.165) is 12.8 Å². The minimum Gasteiger partial charge on any atom is -0.461 e. The first kappa shape index (κ1) is 69.9. The molecule has 0 bridgehead atoms. The van der Waals surface area contributed by atoms with Gasteiger partial charge in [0.15, 0.2) is 46.2 Å². The summed E-state index contributed by atoms with van der Waals surface area (Å²) < 4.78 is 92.6. The number of allylic oxidation sites excluding steroid dienone is 3. The second-order valence-corrected chi connectivity index (χ2v) is 37.3. The molecule has 0 saturated carbocycles. The summed E-state index contributed by atoms with van der Waals surface area (Å²) in [7, 11) is 1.58. The van der Waals surface area contributed by atoms with Crippen LogP contribution in [0.15, 0.2) is 60.8 Å². The number of fused-ring (bicyclic) bond motifs is 1. The number of methoxy groups -OCH3 is 4. The highest BCUT2D eigenvalue weighted by atomic mass is 28.4. The van der Waals surface area contributed by atoms with Gasteiger partial charge in [-0.1, -0.05) is 126 Å². The Hall–Kier alpha value is -2.90. The van der Waals surface area contributed by atoms with Gasteiger partial charge in [-0.15, -0.1) is 0 Å². The molecule has 4 saturated heterocycles. The maximum absolute atomic E-state index is 13.9. The third-order valence-electron chi connectivity index (χ3n) is 18.6. The molecule has 5 aliphatic rings. The standard InChI is InChI=1S/C63H106O17Si2/c1-24-26-27-28-29-30-51(64)74-55-47-37-53(66)73-54(47)49(38-48-42(3)75-60(14,15)77-48)78-63(55,70-19)58(10,11)32-31-43-39-61(67-16,68-17)40-46(72-43)41-62(69-18)59(12,13)50(80-82(22,23)57(7,8)9)35-44(76-62)34-45(36-52(65)71-33-25-2)79-81(20,21)56(4,5)6/h25,27-32,37,42-46,48-50,54-55H,2,24,26,33-36,38-41H2,1,3-23H3/b28-27+,30-29+,32-31+/t42-,43+,44-,45-,46+,48-,49-,50+,54+,55+,62+,63-/m1/s1. The quantitative estimate of drug-likeness (QED) is 0.0152. The molecule has 17 nitrogen and oxygen atoms in total. The number of ether oxygens (including phenoxy) is 12. The normalized spacial score (nSPS) is 32.0. The minimum absolute atomic E-state index is 0.0379. The van der Waals surface area contributed by atoms with Crippen molar-refractivity contribution in [3.05, 3.63) is 60.8 Å². The summed E-state index contributed by atoms with van der Waals surface area (Å²) in [5.74, 6) is -6.66. The monoisotopic (exact) mass is 1190 g/mol. The van der Waals surface area contributed by atoms with Crippen molar-refractivity contribution in [2.75, 3.05) is 35.0 Å². The van der Waals surface area contributed by atoms with Gasteiger partial charge in [-0.2, -0.15) is 0 Å². The molecule has 5 heterocycles. The minimum atomic E-state index is -2.43. The highest BCUT2D eigenvalue weighted by molar-refractivity contribution is 6.74. The van der Waals surface area contributed by atoms with Crippen LogP contribution in [0.2, 0.25) is 36.3 Å². The maximum Gasteiger partial charge on any atom is 0.331 e. The largest absolute Gasteiger partial charge is 0.461 e. The summed E-state index contributed by atoms with van der Waals surface area (Å²) in [4.78, 5) is 40.7. The summed E-state index contributed by atoms with van der Waals surface area (Å²) in [6.07, 6.45) is 11.1. The van der Waals surface area contributed by atoms with Crippen molar-refractivity contribution >= 4 is 34.5 Å². The summed E-state index contributed by atoms with van der Waals surface area (Å²) in [6.45, 7) is 41.8. The number of carbonyl (C=O) groups is 3. The van der Waals surface area contributed by atoms with E-state index in [1.54, 1.807) is 39.6 Å². The molecular formula is C63H106O17Si2. The molecular weight excluding hydrogens is 1080 g/mol. The molecule has 5 aliphatic heterocycles. The van der Waals surface area contributed by atoms with Crippen LogP contribution < -0.4 is 0 Å². The molecule has 0 spiro atoms. The average Bonchev–Trinajstić information content (AvgIpc) is 2.31. The van der Waals surface area contributed by atoms with Gasteiger partial charge in [0.05, 0.1) is 49.1 Å². The molecule has 5 rings (SSSR count). The fourth-order valence-electron chi connectivity index (χ4n) is 11.6. The van der Waals surface area contributed by atoms with Crippen molar-refractivity contribution in [1.29, 1.82) is 0 Å². The second kappa shape index (κ2) is 27.0. The Kier molecular flexibility index (Phi) is 23.0. The van der Waals surface area contributed by atoms with Crippen molar-refractivity contribution in [2.24, 2.45) is 10.8 Å². The number of carbonyl (C=O) groups excluding carboxylic acids is 3. The Morgan fingerprint density at radius 1 is 0.841 bits per heavy atom. The van der Waals surface area contributed by atoms with Crippen molar-refractivity contribution in [3.63, 3.8) is 0 Å². The van der Waals surface area contributed by atoms with Crippen LogP contribution in [0.4, 0.5) is 0 Å². The fourth-order valence-corrected chi connectivity index (χ4v) is 14.5. The van der Waals surface area contributed by atoms with Crippen molar-refractivity contribution in [2.45, 2.75) is 275 Å². The van der Waals surface area contributed by atoms with Gasteiger partial charge in [-0.3, -0.25) is 4.79 Å². The summed E-state index contributed by atoms with van der Waals surface area (Å²) >= 11 is 0. The molecule has 468 valence electrons. The molecule has 0 aromatic rings. The number of hydrogen-bond acceptors (Lipinski definition) is 17. The van der Waals surface area contributed by atoms with E-state index in [-0.39, 0.29) is 54.1 Å². The van der Waals surface area contributed by atoms with Gasteiger partial charge in [0.1, 0.15) is 12.7 Å². The Labute approximate surface area is 494 Å². The lowest BCUT2D eigenvalue weighted by Crippen LogP contribution is -2.66. The third kappa shape index (κ3) is 16.0. The molecule has 0 unspecified atom stereocenters. The lowest BCUT2D eigenvalue weighted by Gasteiger charge is -2.58. The van der Waals surface area contributed by atoms with Gasteiger partial charge < -0.3 is 65.7 Å². The number of esters is 3. The van der Waals surface area contributed by atoms with E-state index < -0.39 is 111 Å². The summed E-state index contributed by atoms with van der Waals surface area (Å²) in [5, 5.41) is -0.253. The SMILES string of the molecule is C=CCOC(=O)C[C@@H](C[C@@H]1C[C@H](O[Si](C)(C)C(C)(C)C)C(C)(C)[C@@](C[C@@H]2CC(OC)(OC)C[C@H](/C=C/C(C)(C)[C@]3(OC)O[C@H](C[C@H]4OC(C)(C)O[C@@H]4C)[C@H]4OC(=O)C=C4[C@@H]3OC(=O)/C=C/C=C/CCC)O2)(OC)O1)O[Si](C)(C)C(C)(C)C. The van der Waals surface area contributed by atoms with Crippen molar-refractivity contribution in [1.82, 2.24) is 0 Å². The lowest BCUT2D eigenvalue weighted by molar-refractivity contribution is -0.362. The van der Waals surface area contributed by atoms with E-state index in [1.807, 2.05) is 52.8 Å². The Morgan fingerprint density at radius 3 is 2.06 bits per heavy atom. The maximum atomic E-state index is 13.9. The molecule has 19 heteroatoms. The van der Waals surface area contributed by atoms with Crippen LogP contribution in [0, 0.1) is 10.8 Å². The predicted molar refractivity (Wildman–Crippen MR) is 319 cm³/mol. The van der Waals surface area contributed by atoms with Crippen LogP contribution in [-0.4, -0.2) is 154 Å². The first-order chi connectivity index (χ1) is 37.8. The molecule has 82 heavy (non-hydrogen) atoms. The van der Waals surface area contributed by atoms with E-state index in [9.17, 15) is 14.4 Å². The molecule has 0 N–H and O–H groups in total. The zero-order valence-corrected chi connectivity index (χ0v) is 56.1. The van der Waals surface area contributed by atoms with Crippen LogP contribution in [0.3, 0.4) is 0 Å². The number of unbranched alkanes of at least 4 members (excludes halogenated alkanes) is 1. The average molecular weight is 1190 g/mol. The van der Waals surface area contributed by atoms with E-state index in [2.05, 4.69) is 95.1 Å². The molecule has 0 aliphatic carbocycles.